The number of hydrogen-bond donors (Lipinski definition) is 1. The van der Waals surface area contributed by atoms with Crippen molar-refractivity contribution in [1.29, 1.82) is 0 Å². The maximum Gasteiger partial charge on any atom is 0.247 e. The van der Waals surface area contributed by atoms with Gasteiger partial charge in [0, 0.05) is 19.2 Å². The molecule has 21 heavy (non-hydrogen) atoms. The van der Waals surface area contributed by atoms with Crippen LogP contribution >= 0.6 is 15.9 Å². The van der Waals surface area contributed by atoms with E-state index in [1.165, 1.54) is 10.4 Å². The van der Waals surface area contributed by atoms with E-state index in [1.807, 2.05) is 0 Å². The van der Waals surface area contributed by atoms with Gasteiger partial charge in [-0.25, -0.2) is 8.42 Å². The molecule has 1 aromatic rings. The van der Waals surface area contributed by atoms with Gasteiger partial charge in [-0.3, -0.25) is 0 Å². The molecule has 1 N–H and O–H groups in total. The summed E-state index contributed by atoms with van der Waals surface area (Å²) in [6.07, 6.45) is 3.95. The van der Waals surface area contributed by atoms with Crippen LogP contribution in [0.25, 0.3) is 0 Å². The first-order chi connectivity index (χ1) is 9.88. The van der Waals surface area contributed by atoms with Crippen LogP contribution in [0.3, 0.4) is 0 Å². The standard InChI is InChI=1S/C14H22BrNO4S/c1-3-14(4-2)5-7-16(8-6-14)21(18,19)12-9-11(10-17)20-13(12)15/h9,17H,3-8,10H2,1-2H3. The second-order valence-corrected chi connectivity index (χ2v) is 8.25. The van der Waals surface area contributed by atoms with Crippen LogP contribution in [-0.2, 0) is 16.6 Å². The van der Waals surface area contributed by atoms with Crippen molar-refractivity contribution < 1.29 is 17.9 Å². The molecular formula is C14H22BrNO4S. The smallest absolute Gasteiger partial charge is 0.247 e. The zero-order chi connectivity index (χ0) is 15.7. The molecule has 1 aliphatic heterocycles. The summed E-state index contributed by atoms with van der Waals surface area (Å²) in [6.45, 7) is 5.11. The van der Waals surface area contributed by atoms with E-state index in [2.05, 4.69) is 29.8 Å². The number of nitrogens with zero attached hydrogens (tertiary/aromatic N) is 1. The van der Waals surface area contributed by atoms with E-state index in [-0.39, 0.29) is 27.3 Å². The van der Waals surface area contributed by atoms with Crippen LogP contribution in [-0.4, -0.2) is 30.9 Å². The Hall–Kier alpha value is -0.370. The van der Waals surface area contributed by atoms with Crippen molar-refractivity contribution in [3.63, 3.8) is 0 Å². The summed E-state index contributed by atoms with van der Waals surface area (Å²) in [5.41, 5.74) is 0.274. The van der Waals surface area contributed by atoms with Gasteiger partial charge in [-0.2, -0.15) is 4.31 Å². The quantitative estimate of drug-likeness (QED) is 0.852. The Labute approximate surface area is 134 Å². The largest absolute Gasteiger partial charge is 0.450 e. The van der Waals surface area contributed by atoms with E-state index >= 15 is 0 Å². The summed E-state index contributed by atoms with van der Waals surface area (Å²) in [4.78, 5) is 0.104. The van der Waals surface area contributed by atoms with E-state index in [0.29, 0.717) is 13.1 Å². The lowest BCUT2D eigenvalue weighted by Gasteiger charge is -2.40. The van der Waals surface area contributed by atoms with Gasteiger partial charge in [-0.1, -0.05) is 26.7 Å². The zero-order valence-corrected chi connectivity index (χ0v) is 14.8. The van der Waals surface area contributed by atoms with Gasteiger partial charge in [0.05, 0.1) is 0 Å². The highest BCUT2D eigenvalue weighted by atomic mass is 79.9. The Balaban J connectivity index is 2.20. The summed E-state index contributed by atoms with van der Waals surface area (Å²) in [6, 6.07) is 1.39. The van der Waals surface area contributed by atoms with E-state index in [4.69, 9.17) is 9.52 Å². The van der Waals surface area contributed by atoms with Gasteiger partial charge in [-0.15, -0.1) is 0 Å². The molecule has 2 rings (SSSR count). The van der Waals surface area contributed by atoms with Gasteiger partial charge in [0.2, 0.25) is 10.0 Å². The summed E-state index contributed by atoms with van der Waals surface area (Å²) in [7, 11) is -3.57. The van der Waals surface area contributed by atoms with Crippen LogP contribution < -0.4 is 0 Å². The van der Waals surface area contributed by atoms with Crippen LogP contribution in [0.1, 0.15) is 45.3 Å². The van der Waals surface area contributed by atoms with Crippen molar-refractivity contribution in [3.05, 3.63) is 16.5 Å². The molecule has 0 bridgehead atoms. The molecule has 5 nitrogen and oxygen atoms in total. The number of halogens is 1. The van der Waals surface area contributed by atoms with Crippen LogP contribution in [0.2, 0.25) is 0 Å². The molecule has 0 amide bonds. The number of aliphatic hydroxyl groups is 1. The van der Waals surface area contributed by atoms with Crippen molar-refractivity contribution in [2.45, 2.75) is 51.0 Å². The Morgan fingerprint density at radius 2 is 1.90 bits per heavy atom. The fraction of sp³-hybridized carbons (Fsp3) is 0.714. The number of aliphatic hydroxyl groups excluding tert-OH is 1. The molecule has 0 spiro atoms. The monoisotopic (exact) mass is 379 g/mol. The number of furan rings is 1. The Kier molecular flexibility index (Phi) is 5.18. The number of sulfonamides is 1. The highest BCUT2D eigenvalue weighted by Crippen LogP contribution is 2.40. The molecule has 0 aromatic carbocycles. The van der Waals surface area contributed by atoms with Crippen molar-refractivity contribution in [2.75, 3.05) is 13.1 Å². The number of hydrogen-bond acceptors (Lipinski definition) is 4. The topological polar surface area (TPSA) is 70.8 Å². The molecule has 1 aliphatic rings. The Morgan fingerprint density at radius 3 is 2.33 bits per heavy atom. The third-order valence-electron chi connectivity index (χ3n) is 4.76. The van der Waals surface area contributed by atoms with Crippen molar-refractivity contribution in [2.24, 2.45) is 5.41 Å². The molecule has 1 saturated heterocycles. The van der Waals surface area contributed by atoms with Crippen molar-refractivity contribution in [3.8, 4) is 0 Å². The lowest BCUT2D eigenvalue weighted by molar-refractivity contribution is 0.141. The van der Waals surface area contributed by atoms with Crippen molar-refractivity contribution >= 4 is 26.0 Å². The fourth-order valence-electron chi connectivity index (χ4n) is 2.95. The average molecular weight is 380 g/mol. The van der Waals surface area contributed by atoms with Gasteiger partial charge in [0.25, 0.3) is 0 Å². The van der Waals surface area contributed by atoms with Crippen LogP contribution in [0.4, 0.5) is 0 Å². The summed E-state index contributed by atoms with van der Waals surface area (Å²) in [5.74, 6) is 0.244. The normalized spacial score (nSPS) is 19.8. The minimum Gasteiger partial charge on any atom is -0.450 e. The Bertz CT molecular complexity index is 582. The molecular weight excluding hydrogens is 358 g/mol. The summed E-state index contributed by atoms with van der Waals surface area (Å²) < 4.78 is 32.2. The molecule has 0 atom stereocenters. The maximum absolute atomic E-state index is 12.7. The van der Waals surface area contributed by atoms with Crippen LogP contribution in [0, 0.1) is 5.41 Å². The zero-order valence-electron chi connectivity index (χ0n) is 12.4. The molecule has 0 saturated carbocycles. The molecule has 0 unspecified atom stereocenters. The number of piperidine rings is 1. The fourth-order valence-corrected chi connectivity index (χ4v) is 5.35. The minimum absolute atomic E-state index is 0.104. The van der Waals surface area contributed by atoms with Crippen LogP contribution in [0.15, 0.2) is 20.0 Å². The van der Waals surface area contributed by atoms with E-state index in [1.54, 1.807) is 0 Å². The third kappa shape index (κ3) is 3.21. The molecule has 120 valence electrons. The highest BCUT2D eigenvalue weighted by Gasteiger charge is 2.37. The van der Waals surface area contributed by atoms with E-state index in [9.17, 15) is 8.42 Å². The SMILES string of the molecule is CCC1(CC)CCN(S(=O)(=O)c2cc(CO)oc2Br)CC1. The first kappa shape index (κ1) is 17.0. The summed E-state index contributed by atoms with van der Waals surface area (Å²) >= 11 is 3.13. The van der Waals surface area contributed by atoms with Gasteiger partial charge in [0.15, 0.2) is 4.67 Å². The van der Waals surface area contributed by atoms with Gasteiger partial charge in [-0.05, 0) is 34.2 Å². The predicted molar refractivity (Wildman–Crippen MR) is 83.3 cm³/mol. The van der Waals surface area contributed by atoms with Crippen LogP contribution in [0.5, 0.6) is 0 Å². The molecule has 2 heterocycles. The lowest BCUT2D eigenvalue weighted by atomic mass is 9.75. The molecule has 1 fully saturated rings. The van der Waals surface area contributed by atoms with E-state index in [0.717, 1.165) is 25.7 Å². The van der Waals surface area contributed by atoms with Gasteiger partial charge >= 0.3 is 0 Å². The second-order valence-electron chi connectivity index (χ2n) is 5.62. The maximum atomic E-state index is 12.7. The van der Waals surface area contributed by atoms with Gasteiger partial charge in [0.1, 0.15) is 17.3 Å². The lowest BCUT2D eigenvalue weighted by Crippen LogP contribution is -2.42. The van der Waals surface area contributed by atoms with Gasteiger partial charge < -0.3 is 9.52 Å². The first-order valence-corrected chi connectivity index (χ1v) is 9.51. The van der Waals surface area contributed by atoms with Crippen molar-refractivity contribution in [1.82, 2.24) is 4.31 Å². The minimum atomic E-state index is -3.57. The molecule has 7 heteroatoms. The second kappa shape index (κ2) is 6.40. The van der Waals surface area contributed by atoms with E-state index < -0.39 is 10.0 Å². The molecule has 0 aliphatic carbocycles. The molecule has 1 aromatic heterocycles. The number of rotatable bonds is 5. The predicted octanol–water partition coefficient (Wildman–Crippen LogP) is 3.13. The summed E-state index contributed by atoms with van der Waals surface area (Å²) in [5, 5.41) is 9.06. The average Bonchev–Trinajstić information content (AvgIpc) is 2.89. The highest BCUT2D eigenvalue weighted by molar-refractivity contribution is 9.10. The molecule has 0 radical (unpaired) electrons. The first-order valence-electron chi connectivity index (χ1n) is 7.28. The Morgan fingerprint density at radius 1 is 1.33 bits per heavy atom. The third-order valence-corrected chi connectivity index (χ3v) is 7.52.